The molecule has 170 valence electrons. The first kappa shape index (κ1) is 22.9. The fourth-order valence-corrected chi connectivity index (χ4v) is 2.73. The molecule has 0 atom stereocenters. The molecule has 1 heterocycles. The van der Waals surface area contributed by atoms with Gasteiger partial charge in [0.1, 0.15) is 23.0 Å². The third-order valence-corrected chi connectivity index (χ3v) is 4.45. The van der Waals surface area contributed by atoms with Gasteiger partial charge in [0, 0.05) is 23.3 Å². The molecule has 0 radical (unpaired) electrons. The van der Waals surface area contributed by atoms with Gasteiger partial charge < -0.3 is 24.8 Å². The Hall–Kier alpha value is -4.80. The van der Waals surface area contributed by atoms with E-state index in [0.29, 0.717) is 11.1 Å². The van der Waals surface area contributed by atoms with E-state index >= 15 is 0 Å². The van der Waals surface area contributed by atoms with Crippen LogP contribution in [0.1, 0.15) is 46.1 Å². The minimum absolute atomic E-state index is 0.117. The quantitative estimate of drug-likeness (QED) is 0.246. The summed E-state index contributed by atoms with van der Waals surface area (Å²) >= 11 is 0. The van der Waals surface area contributed by atoms with Gasteiger partial charge in [-0.15, -0.1) is 0 Å². The minimum Gasteiger partial charge on any atom is -0.508 e. The van der Waals surface area contributed by atoms with Gasteiger partial charge >= 0.3 is 11.8 Å². The molecule has 0 bridgehead atoms. The van der Waals surface area contributed by atoms with Gasteiger partial charge in [-0.25, -0.2) is 10.9 Å². The summed E-state index contributed by atoms with van der Waals surface area (Å²) in [5, 5.41) is 46.1. The summed E-state index contributed by atoms with van der Waals surface area (Å²) in [5.41, 5.74) is 5.65. The number of hydrogen-bond acceptors (Lipinski definition) is 9. The van der Waals surface area contributed by atoms with Crippen molar-refractivity contribution in [1.82, 2.24) is 10.9 Å². The Morgan fingerprint density at radius 3 is 1.45 bits per heavy atom. The number of amides is 2. The number of hydrazone groups is 2. The molecule has 11 heteroatoms. The Kier molecular flexibility index (Phi) is 6.63. The van der Waals surface area contributed by atoms with Crippen LogP contribution in [0.5, 0.6) is 23.0 Å². The monoisotopic (exact) mass is 452 g/mol. The lowest BCUT2D eigenvalue weighted by atomic mass is 10.1. The van der Waals surface area contributed by atoms with E-state index in [4.69, 9.17) is 4.42 Å². The number of carbonyl (C=O) groups is 2. The van der Waals surface area contributed by atoms with E-state index in [1.807, 2.05) is 0 Å². The van der Waals surface area contributed by atoms with E-state index in [2.05, 4.69) is 21.1 Å². The molecule has 0 saturated carbocycles. The SMILES string of the molecule is CC(=NNC(=O)c1ccc(C(=O)NN=C(C)c2ccc(O)cc2O)o1)c1ccc(O)cc1O. The lowest BCUT2D eigenvalue weighted by molar-refractivity contribution is 0.0902. The van der Waals surface area contributed by atoms with Crippen molar-refractivity contribution in [3.8, 4) is 23.0 Å². The number of phenolic OH excluding ortho intramolecular Hbond substituents is 4. The number of hydrogen-bond donors (Lipinski definition) is 6. The molecule has 33 heavy (non-hydrogen) atoms. The van der Waals surface area contributed by atoms with Crippen molar-refractivity contribution >= 4 is 23.2 Å². The van der Waals surface area contributed by atoms with Crippen molar-refractivity contribution in [2.24, 2.45) is 10.2 Å². The summed E-state index contributed by atoms with van der Waals surface area (Å²) in [5.74, 6) is -2.51. The van der Waals surface area contributed by atoms with E-state index < -0.39 is 11.8 Å². The zero-order valence-corrected chi connectivity index (χ0v) is 17.5. The third kappa shape index (κ3) is 5.47. The van der Waals surface area contributed by atoms with Gasteiger partial charge in [-0.05, 0) is 50.2 Å². The number of benzene rings is 2. The van der Waals surface area contributed by atoms with Crippen LogP contribution in [0.25, 0.3) is 0 Å². The number of rotatable bonds is 6. The fraction of sp³-hybridized carbons (Fsp3) is 0.0909. The van der Waals surface area contributed by atoms with Crippen LogP contribution in [0.15, 0.2) is 63.2 Å². The van der Waals surface area contributed by atoms with Gasteiger partial charge in [-0.1, -0.05) is 0 Å². The predicted octanol–water partition coefficient (Wildman–Crippen LogP) is 2.41. The number of aromatic hydroxyl groups is 4. The maximum atomic E-state index is 12.2. The van der Waals surface area contributed by atoms with Gasteiger partial charge in [0.25, 0.3) is 0 Å². The highest BCUT2D eigenvalue weighted by atomic mass is 16.4. The first-order valence-corrected chi connectivity index (χ1v) is 9.49. The maximum Gasteiger partial charge on any atom is 0.307 e. The summed E-state index contributed by atoms with van der Waals surface area (Å²) in [6.45, 7) is 3.08. The molecule has 0 aliphatic heterocycles. The summed E-state index contributed by atoms with van der Waals surface area (Å²) in [6, 6.07) is 10.4. The largest absolute Gasteiger partial charge is 0.508 e. The van der Waals surface area contributed by atoms with Crippen LogP contribution in [0.2, 0.25) is 0 Å². The molecule has 3 aromatic rings. The summed E-state index contributed by atoms with van der Waals surface area (Å²) in [7, 11) is 0. The van der Waals surface area contributed by atoms with Gasteiger partial charge in [0.15, 0.2) is 11.5 Å². The Balaban J connectivity index is 1.64. The summed E-state index contributed by atoms with van der Waals surface area (Å²) < 4.78 is 5.23. The fourth-order valence-electron chi connectivity index (χ4n) is 2.73. The van der Waals surface area contributed by atoms with E-state index in [1.165, 1.54) is 36.4 Å². The zero-order chi connectivity index (χ0) is 24.1. The van der Waals surface area contributed by atoms with Crippen molar-refractivity contribution < 1.29 is 34.4 Å². The average Bonchev–Trinajstić information content (AvgIpc) is 3.26. The molecule has 0 unspecified atom stereocenters. The van der Waals surface area contributed by atoms with Crippen LogP contribution in [-0.2, 0) is 0 Å². The second kappa shape index (κ2) is 9.56. The predicted molar refractivity (Wildman–Crippen MR) is 118 cm³/mol. The van der Waals surface area contributed by atoms with Crippen molar-refractivity contribution in [3.63, 3.8) is 0 Å². The van der Waals surface area contributed by atoms with E-state index in [0.717, 1.165) is 12.1 Å². The number of furan rings is 1. The number of carbonyl (C=O) groups excluding carboxylic acids is 2. The Morgan fingerprint density at radius 2 is 1.09 bits per heavy atom. The number of phenols is 4. The van der Waals surface area contributed by atoms with Gasteiger partial charge in [-0.3, -0.25) is 9.59 Å². The second-order valence-corrected chi connectivity index (χ2v) is 6.84. The highest BCUT2D eigenvalue weighted by Gasteiger charge is 2.16. The summed E-state index contributed by atoms with van der Waals surface area (Å²) in [6.07, 6.45) is 0. The molecular weight excluding hydrogens is 432 g/mol. The molecule has 3 rings (SSSR count). The van der Waals surface area contributed by atoms with Crippen molar-refractivity contribution in [1.29, 1.82) is 0 Å². The van der Waals surface area contributed by atoms with E-state index in [1.54, 1.807) is 13.8 Å². The topological polar surface area (TPSA) is 177 Å². The highest BCUT2D eigenvalue weighted by Crippen LogP contribution is 2.24. The summed E-state index contributed by atoms with van der Waals surface area (Å²) in [4.78, 5) is 24.5. The van der Waals surface area contributed by atoms with Crippen LogP contribution >= 0.6 is 0 Å². The first-order valence-electron chi connectivity index (χ1n) is 9.49. The number of nitrogens with zero attached hydrogens (tertiary/aromatic N) is 2. The standard InChI is InChI=1S/C22H20N4O7/c1-11(15-5-3-13(27)9-17(15)29)23-25-21(31)19-7-8-20(33-19)22(32)26-24-12(2)16-6-4-14(28)10-18(16)30/h3-10,27-30H,1-2H3,(H,25,31)(H,26,32). The first-order chi connectivity index (χ1) is 15.7. The maximum absolute atomic E-state index is 12.2. The zero-order valence-electron chi connectivity index (χ0n) is 17.5. The lowest BCUT2D eigenvalue weighted by Gasteiger charge is -2.05. The molecular formula is C22H20N4O7. The van der Waals surface area contributed by atoms with E-state index in [-0.39, 0.29) is 45.9 Å². The van der Waals surface area contributed by atoms with Crippen LogP contribution in [-0.4, -0.2) is 43.7 Å². The molecule has 0 saturated heterocycles. The average molecular weight is 452 g/mol. The Morgan fingerprint density at radius 1 is 0.697 bits per heavy atom. The van der Waals surface area contributed by atoms with Crippen molar-refractivity contribution in [2.75, 3.05) is 0 Å². The molecule has 1 aromatic heterocycles. The molecule has 0 fully saturated rings. The molecule has 2 aromatic carbocycles. The Labute approximate surface area is 187 Å². The molecule has 2 amide bonds. The van der Waals surface area contributed by atoms with Gasteiger partial charge in [0.2, 0.25) is 0 Å². The third-order valence-electron chi connectivity index (χ3n) is 4.45. The van der Waals surface area contributed by atoms with Crippen LogP contribution in [0.4, 0.5) is 0 Å². The molecule has 11 nitrogen and oxygen atoms in total. The smallest absolute Gasteiger partial charge is 0.307 e. The minimum atomic E-state index is -0.736. The molecule has 6 N–H and O–H groups in total. The van der Waals surface area contributed by atoms with E-state index in [9.17, 15) is 30.0 Å². The Bertz CT molecular complexity index is 1180. The normalized spacial score (nSPS) is 11.8. The van der Waals surface area contributed by atoms with Gasteiger partial charge in [-0.2, -0.15) is 10.2 Å². The molecule has 0 aliphatic rings. The van der Waals surface area contributed by atoms with Gasteiger partial charge in [0.05, 0.1) is 11.4 Å². The molecule has 0 aliphatic carbocycles. The van der Waals surface area contributed by atoms with Crippen LogP contribution in [0.3, 0.4) is 0 Å². The van der Waals surface area contributed by atoms with Crippen LogP contribution < -0.4 is 10.9 Å². The lowest BCUT2D eigenvalue weighted by Crippen LogP contribution is -2.20. The highest BCUT2D eigenvalue weighted by molar-refractivity contribution is 6.03. The number of nitrogens with one attached hydrogen (secondary N) is 2. The second-order valence-electron chi connectivity index (χ2n) is 6.84. The van der Waals surface area contributed by atoms with Crippen molar-refractivity contribution in [3.05, 3.63) is 71.2 Å². The van der Waals surface area contributed by atoms with Crippen LogP contribution in [0, 0.1) is 0 Å². The molecule has 0 spiro atoms. The van der Waals surface area contributed by atoms with Crippen molar-refractivity contribution in [2.45, 2.75) is 13.8 Å².